The van der Waals surface area contributed by atoms with Crippen molar-refractivity contribution in [1.29, 1.82) is 0 Å². The molecule has 0 unspecified atom stereocenters. The lowest BCUT2D eigenvalue weighted by atomic mass is 10.1. The first-order chi connectivity index (χ1) is 15.5. The van der Waals surface area contributed by atoms with Gasteiger partial charge in [0.1, 0.15) is 12.2 Å². The van der Waals surface area contributed by atoms with Crippen LogP contribution < -0.4 is 14.9 Å². The highest BCUT2D eigenvalue weighted by atomic mass is 35.5. The molecule has 0 aliphatic carbocycles. The molecule has 0 saturated carbocycles. The van der Waals surface area contributed by atoms with E-state index in [4.69, 9.17) is 25.5 Å². The molecule has 1 aromatic heterocycles. The zero-order valence-corrected chi connectivity index (χ0v) is 18.3. The number of hydrogen-bond donors (Lipinski definition) is 1. The summed E-state index contributed by atoms with van der Waals surface area (Å²) in [5.74, 6) is 0.641. The molecule has 0 spiro atoms. The summed E-state index contributed by atoms with van der Waals surface area (Å²) in [7, 11) is 1.54. The van der Waals surface area contributed by atoms with Gasteiger partial charge in [0.25, 0.3) is 0 Å². The molecule has 0 radical (unpaired) electrons. The summed E-state index contributed by atoms with van der Waals surface area (Å²) in [6.45, 7) is 2.39. The Hall–Kier alpha value is -3.77. The number of benzene rings is 3. The van der Waals surface area contributed by atoms with Crippen molar-refractivity contribution in [3.05, 3.63) is 94.2 Å². The second kappa shape index (κ2) is 9.58. The van der Waals surface area contributed by atoms with Crippen LogP contribution >= 0.6 is 11.6 Å². The third-order valence-corrected chi connectivity index (χ3v) is 5.03. The van der Waals surface area contributed by atoms with Crippen LogP contribution in [0, 0.1) is 6.92 Å². The Bertz CT molecular complexity index is 1260. The number of amides is 1. The van der Waals surface area contributed by atoms with Gasteiger partial charge in [-0.3, -0.25) is 4.79 Å². The van der Waals surface area contributed by atoms with Gasteiger partial charge in [-0.2, -0.15) is 5.10 Å². The molecule has 0 bridgehead atoms. The lowest BCUT2D eigenvalue weighted by Gasteiger charge is -2.13. The van der Waals surface area contributed by atoms with Gasteiger partial charge in [0.2, 0.25) is 0 Å². The number of nitrogens with zero attached hydrogens (tertiary/aromatic N) is 1. The zero-order chi connectivity index (χ0) is 22.5. The molecule has 1 heterocycles. The first-order valence-corrected chi connectivity index (χ1v) is 10.3. The highest BCUT2D eigenvalue weighted by molar-refractivity contribution is 6.32. The van der Waals surface area contributed by atoms with E-state index >= 15 is 0 Å². The van der Waals surface area contributed by atoms with E-state index in [1.807, 2.05) is 49.4 Å². The molecule has 1 amide bonds. The van der Waals surface area contributed by atoms with E-state index in [0.717, 1.165) is 16.5 Å². The Kier molecular flexibility index (Phi) is 6.42. The molecule has 0 saturated heterocycles. The first kappa shape index (κ1) is 21.5. The van der Waals surface area contributed by atoms with Crippen LogP contribution in [-0.2, 0) is 6.61 Å². The largest absolute Gasteiger partial charge is 0.493 e. The number of carbonyl (C=O) groups excluding carboxylic acids is 1. The van der Waals surface area contributed by atoms with E-state index in [0.29, 0.717) is 34.3 Å². The minimum absolute atomic E-state index is 0.179. The third kappa shape index (κ3) is 4.92. The van der Waals surface area contributed by atoms with Crippen molar-refractivity contribution in [2.75, 3.05) is 7.11 Å². The Balaban J connectivity index is 1.44. The van der Waals surface area contributed by atoms with E-state index in [1.54, 1.807) is 24.3 Å². The van der Waals surface area contributed by atoms with Crippen molar-refractivity contribution in [2.45, 2.75) is 13.5 Å². The molecule has 162 valence electrons. The van der Waals surface area contributed by atoms with Crippen molar-refractivity contribution < 1.29 is 18.7 Å². The molecule has 6 nitrogen and oxygen atoms in total. The topological polar surface area (TPSA) is 73.1 Å². The van der Waals surface area contributed by atoms with Gasteiger partial charge in [0, 0.05) is 5.39 Å². The number of aryl methyl sites for hydroxylation is 1. The Morgan fingerprint density at radius 1 is 1.12 bits per heavy atom. The lowest BCUT2D eigenvalue weighted by molar-refractivity contribution is 0.0929. The number of methoxy groups -OCH3 is 1. The number of carbonyl (C=O) groups is 1. The number of hydrazone groups is 1. The van der Waals surface area contributed by atoms with Crippen LogP contribution in [0.15, 0.2) is 76.2 Å². The van der Waals surface area contributed by atoms with E-state index in [-0.39, 0.29) is 5.76 Å². The second-order valence-electron chi connectivity index (χ2n) is 7.16. The molecule has 32 heavy (non-hydrogen) atoms. The fourth-order valence-corrected chi connectivity index (χ4v) is 3.50. The molecular weight excluding hydrogens is 428 g/mol. The quantitative estimate of drug-likeness (QED) is 0.289. The summed E-state index contributed by atoms with van der Waals surface area (Å²) in [6.07, 6.45) is 1.47. The van der Waals surface area contributed by atoms with Crippen molar-refractivity contribution in [1.82, 2.24) is 5.43 Å². The highest BCUT2D eigenvalue weighted by Gasteiger charge is 2.13. The van der Waals surface area contributed by atoms with Crippen molar-refractivity contribution >= 4 is 34.7 Å². The van der Waals surface area contributed by atoms with Crippen LogP contribution in [0.2, 0.25) is 5.02 Å². The highest BCUT2D eigenvalue weighted by Crippen LogP contribution is 2.36. The molecule has 0 aliphatic heterocycles. The van der Waals surface area contributed by atoms with E-state index < -0.39 is 5.91 Å². The maximum Gasteiger partial charge on any atom is 0.307 e. The Labute approximate surface area is 190 Å². The molecule has 3 aromatic carbocycles. The fraction of sp³-hybridized carbons (Fsp3) is 0.120. The smallest absolute Gasteiger partial charge is 0.307 e. The van der Waals surface area contributed by atoms with Crippen LogP contribution in [0.1, 0.15) is 27.2 Å². The van der Waals surface area contributed by atoms with Crippen LogP contribution in [0.5, 0.6) is 11.5 Å². The number of rotatable bonds is 7. The van der Waals surface area contributed by atoms with E-state index in [2.05, 4.69) is 10.5 Å². The monoisotopic (exact) mass is 448 g/mol. The summed E-state index contributed by atoms with van der Waals surface area (Å²) in [5.41, 5.74) is 5.91. The standard InChI is InChI=1S/C25H21ClN2O4/c1-16-6-5-7-17(10-16)15-31-24-20(26)11-18(12-22(24)30-2)14-27-28-25(29)23-13-19-8-3-4-9-21(19)32-23/h3-14H,15H2,1-2H3,(H,28,29)/b27-14+. The van der Waals surface area contributed by atoms with E-state index in [9.17, 15) is 4.79 Å². The van der Waals surface area contributed by atoms with Crippen LogP contribution in [0.3, 0.4) is 0 Å². The van der Waals surface area contributed by atoms with Gasteiger partial charge >= 0.3 is 5.91 Å². The minimum atomic E-state index is -0.450. The molecule has 4 rings (SSSR count). The average molecular weight is 449 g/mol. The SMILES string of the molecule is COc1cc(/C=N/NC(=O)c2cc3ccccc3o2)cc(Cl)c1OCc1cccc(C)c1. The number of para-hydroxylation sites is 1. The summed E-state index contributed by atoms with van der Waals surface area (Å²) >= 11 is 6.42. The molecule has 4 aromatic rings. The predicted octanol–water partition coefficient (Wildman–Crippen LogP) is 5.75. The van der Waals surface area contributed by atoms with Gasteiger partial charge < -0.3 is 13.9 Å². The van der Waals surface area contributed by atoms with E-state index in [1.165, 1.54) is 13.3 Å². The first-order valence-electron chi connectivity index (χ1n) is 9.91. The van der Waals surface area contributed by atoms with Crippen molar-refractivity contribution in [3.63, 3.8) is 0 Å². The number of hydrogen-bond acceptors (Lipinski definition) is 5. The molecule has 0 fully saturated rings. The fourth-order valence-electron chi connectivity index (χ4n) is 3.23. The third-order valence-electron chi connectivity index (χ3n) is 4.75. The number of ether oxygens (including phenoxy) is 2. The number of nitrogens with one attached hydrogen (secondary N) is 1. The molecule has 1 N–H and O–H groups in total. The second-order valence-corrected chi connectivity index (χ2v) is 7.57. The van der Waals surface area contributed by atoms with Crippen LogP contribution in [0.25, 0.3) is 11.0 Å². The maximum atomic E-state index is 12.3. The summed E-state index contributed by atoms with van der Waals surface area (Å²) in [5, 5.41) is 5.22. The van der Waals surface area contributed by atoms with Crippen LogP contribution in [0.4, 0.5) is 0 Å². The molecule has 7 heteroatoms. The minimum Gasteiger partial charge on any atom is -0.493 e. The Morgan fingerprint density at radius 2 is 1.97 bits per heavy atom. The summed E-state index contributed by atoms with van der Waals surface area (Å²) < 4.78 is 16.9. The number of fused-ring (bicyclic) bond motifs is 1. The van der Waals surface area contributed by atoms with Gasteiger partial charge in [-0.05, 0) is 42.3 Å². The van der Waals surface area contributed by atoms with Gasteiger partial charge in [-0.15, -0.1) is 0 Å². The van der Waals surface area contributed by atoms with Gasteiger partial charge in [-0.25, -0.2) is 5.43 Å². The molecule has 0 atom stereocenters. The maximum absolute atomic E-state index is 12.3. The average Bonchev–Trinajstić information content (AvgIpc) is 3.22. The van der Waals surface area contributed by atoms with Crippen molar-refractivity contribution in [3.8, 4) is 11.5 Å². The number of furan rings is 1. The summed E-state index contributed by atoms with van der Waals surface area (Å²) in [6, 6.07) is 20.5. The molecular formula is C25H21ClN2O4. The normalized spacial score (nSPS) is 11.1. The predicted molar refractivity (Wildman–Crippen MR) is 125 cm³/mol. The Morgan fingerprint density at radius 3 is 2.75 bits per heavy atom. The van der Waals surface area contributed by atoms with Gasteiger partial charge in [0.05, 0.1) is 18.3 Å². The van der Waals surface area contributed by atoms with Gasteiger partial charge in [-0.1, -0.05) is 59.6 Å². The molecule has 0 aliphatic rings. The number of halogens is 1. The van der Waals surface area contributed by atoms with Crippen LogP contribution in [-0.4, -0.2) is 19.2 Å². The van der Waals surface area contributed by atoms with Gasteiger partial charge in [0.15, 0.2) is 17.3 Å². The van der Waals surface area contributed by atoms with Crippen molar-refractivity contribution in [2.24, 2.45) is 5.10 Å². The zero-order valence-electron chi connectivity index (χ0n) is 17.6. The lowest BCUT2D eigenvalue weighted by Crippen LogP contribution is -2.16. The summed E-state index contributed by atoms with van der Waals surface area (Å²) in [4.78, 5) is 12.3.